The van der Waals surface area contributed by atoms with E-state index in [4.69, 9.17) is 10.2 Å². The first kappa shape index (κ1) is 9.37. The summed E-state index contributed by atoms with van der Waals surface area (Å²) in [6.45, 7) is 0. The van der Waals surface area contributed by atoms with Crippen molar-refractivity contribution >= 4 is 6.29 Å². The Morgan fingerprint density at radius 2 is 2.08 bits per heavy atom. The first-order valence-corrected chi connectivity index (χ1v) is 3.22. The van der Waals surface area contributed by atoms with Gasteiger partial charge in [-0.1, -0.05) is 0 Å². The average molecular weight is 189 g/mol. The molecule has 0 aliphatic carbocycles. The Hall–Kier alpha value is -1.72. The van der Waals surface area contributed by atoms with Crippen LogP contribution >= 0.6 is 0 Å². The van der Waals surface area contributed by atoms with Gasteiger partial charge in [0.05, 0.1) is 6.20 Å². The van der Waals surface area contributed by atoms with E-state index in [9.17, 15) is 13.6 Å². The van der Waals surface area contributed by atoms with Gasteiger partial charge in [0, 0.05) is 0 Å². The highest BCUT2D eigenvalue weighted by molar-refractivity contribution is 5.77. The summed E-state index contributed by atoms with van der Waals surface area (Å²) in [6, 6.07) is 0. The minimum absolute atomic E-state index is 0.126. The number of aromatic hydroxyl groups is 2. The van der Waals surface area contributed by atoms with E-state index in [0.717, 1.165) is 0 Å². The van der Waals surface area contributed by atoms with Crippen molar-refractivity contribution in [2.45, 2.75) is 6.43 Å². The molecule has 0 spiro atoms. The summed E-state index contributed by atoms with van der Waals surface area (Å²) >= 11 is 0. The van der Waals surface area contributed by atoms with Gasteiger partial charge in [0.25, 0.3) is 6.43 Å². The molecule has 0 amide bonds. The lowest BCUT2D eigenvalue weighted by Gasteiger charge is -2.06. The van der Waals surface area contributed by atoms with Crippen LogP contribution in [0.25, 0.3) is 0 Å². The van der Waals surface area contributed by atoms with E-state index >= 15 is 0 Å². The standard InChI is InChI=1S/C7H5F2NO3/c8-7(9)5-4(12)1-10-3(2-11)6(5)13/h1-2,7,12-13H. The molecule has 0 aliphatic rings. The van der Waals surface area contributed by atoms with Crippen LogP contribution in [0.1, 0.15) is 22.5 Å². The molecule has 0 aliphatic heterocycles. The Bertz CT molecular complexity index is 341. The predicted molar refractivity (Wildman–Crippen MR) is 37.9 cm³/mol. The largest absolute Gasteiger partial charge is 0.506 e. The van der Waals surface area contributed by atoms with Crippen molar-refractivity contribution in [2.24, 2.45) is 0 Å². The zero-order valence-electron chi connectivity index (χ0n) is 6.24. The second-order valence-corrected chi connectivity index (χ2v) is 2.21. The zero-order valence-corrected chi connectivity index (χ0v) is 6.24. The summed E-state index contributed by atoms with van der Waals surface area (Å²) in [5.41, 5.74) is -1.50. The lowest BCUT2D eigenvalue weighted by molar-refractivity contribution is 0.111. The smallest absolute Gasteiger partial charge is 0.271 e. The van der Waals surface area contributed by atoms with E-state index in [1.165, 1.54) is 0 Å². The lowest BCUT2D eigenvalue weighted by atomic mass is 10.2. The van der Waals surface area contributed by atoms with Crippen LogP contribution in [0.5, 0.6) is 11.5 Å². The molecule has 0 bridgehead atoms. The highest BCUT2D eigenvalue weighted by atomic mass is 19.3. The van der Waals surface area contributed by atoms with E-state index in [-0.39, 0.29) is 6.29 Å². The molecule has 0 atom stereocenters. The molecular formula is C7H5F2NO3. The molecule has 0 aromatic carbocycles. The van der Waals surface area contributed by atoms with Crippen LogP contribution in [0.2, 0.25) is 0 Å². The molecule has 0 saturated carbocycles. The number of pyridine rings is 1. The molecule has 0 fully saturated rings. The molecule has 1 heterocycles. The minimum atomic E-state index is -3.05. The quantitative estimate of drug-likeness (QED) is 0.686. The normalized spacial score (nSPS) is 10.4. The SMILES string of the molecule is O=Cc1ncc(O)c(C(F)F)c1O. The van der Waals surface area contributed by atoms with Gasteiger partial charge < -0.3 is 10.2 Å². The van der Waals surface area contributed by atoms with Crippen molar-refractivity contribution in [3.63, 3.8) is 0 Å². The van der Waals surface area contributed by atoms with Crippen LogP contribution in [-0.4, -0.2) is 21.5 Å². The van der Waals surface area contributed by atoms with E-state index in [1.807, 2.05) is 0 Å². The summed E-state index contributed by atoms with van der Waals surface area (Å²) < 4.78 is 24.3. The number of halogens is 2. The zero-order chi connectivity index (χ0) is 10.0. The van der Waals surface area contributed by atoms with Crippen molar-refractivity contribution in [1.82, 2.24) is 4.98 Å². The van der Waals surface area contributed by atoms with Crippen molar-refractivity contribution < 1.29 is 23.8 Å². The number of carbonyl (C=O) groups is 1. The lowest BCUT2D eigenvalue weighted by Crippen LogP contribution is -1.94. The summed E-state index contributed by atoms with van der Waals surface area (Å²) in [4.78, 5) is 13.4. The second kappa shape index (κ2) is 3.34. The first-order valence-electron chi connectivity index (χ1n) is 3.22. The van der Waals surface area contributed by atoms with Gasteiger partial charge in [-0.2, -0.15) is 0 Å². The maximum atomic E-state index is 12.1. The summed E-state index contributed by atoms with van der Waals surface area (Å²) in [7, 11) is 0. The highest BCUT2D eigenvalue weighted by Crippen LogP contribution is 2.35. The summed E-state index contributed by atoms with van der Waals surface area (Å²) in [5.74, 6) is -1.82. The Balaban J connectivity index is 3.38. The maximum absolute atomic E-state index is 12.1. The van der Waals surface area contributed by atoms with Crippen LogP contribution in [0.15, 0.2) is 6.20 Å². The van der Waals surface area contributed by atoms with Gasteiger partial charge in [0.1, 0.15) is 17.0 Å². The van der Waals surface area contributed by atoms with Crippen molar-refractivity contribution in [2.75, 3.05) is 0 Å². The van der Waals surface area contributed by atoms with Gasteiger partial charge >= 0.3 is 0 Å². The highest BCUT2D eigenvalue weighted by Gasteiger charge is 2.21. The Morgan fingerprint density at radius 1 is 1.46 bits per heavy atom. The van der Waals surface area contributed by atoms with Gasteiger partial charge in [-0.3, -0.25) is 4.79 Å². The van der Waals surface area contributed by atoms with Crippen LogP contribution in [0, 0.1) is 0 Å². The molecular weight excluding hydrogens is 184 g/mol. The van der Waals surface area contributed by atoms with Gasteiger partial charge in [0.2, 0.25) is 0 Å². The third-order valence-corrected chi connectivity index (χ3v) is 1.43. The fourth-order valence-corrected chi connectivity index (χ4v) is 0.822. The van der Waals surface area contributed by atoms with E-state index < -0.39 is 29.2 Å². The van der Waals surface area contributed by atoms with Crippen LogP contribution in [-0.2, 0) is 0 Å². The van der Waals surface area contributed by atoms with Gasteiger partial charge in [-0.15, -0.1) is 0 Å². The number of alkyl halides is 2. The molecule has 0 saturated heterocycles. The van der Waals surface area contributed by atoms with Gasteiger partial charge in [-0.25, -0.2) is 13.8 Å². The fourth-order valence-electron chi connectivity index (χ4n) is 0.822. The molecule has 1 rings (SSSR count). The number of aromatic nitrogens is 1. The first-order chi connectivity index (χ1) is 6.07. The predicted octanol–water partition coefficient (Wildman–Crippen LogP) is 1.24. The van der Waals surface area contributed by atoms with E-state index in [1.54, 1.807) is 0 Å². The number of nitrogens with zero attached hydrogens (tertiary/aromatic N) is 1. The summed E-state index contributed by atoms with van der Waals surface area (Å²) in [6.07, 6.45) is -2.24. The van der Waals surface area contributed by atoms with Crippen molar-refractivity contribution in [3.05, 3.63) is 17.5 Å². The third kappa shape index (κ3) is 1.56. The third-order valence-electron chi connectivity index (χ3n) is 1.43. The monoisotopic (exact) mass is 189 g/mol. The molecule has 13 heavy (non-hydrogen) atoms. The summed E-state index contributed by atoms with van der Waals surface area (Å²) in [5, 5.41) is 17.9. The number of hydrogen-bond donors (Lipinski definition) is 2. The molecule has 1 aromatic rings. The topological polar surface area (TPSA) is 70.4 Å². The van der Waals surface area contributed by atoms with Crippen LogP contribution in [0.3, 0.4) is 0 Å². The fraction of sp³-hybridized carbons (Fsp3) is 0.143. The van der Waals surface area contributed by atoms with Crippen LogP contribution in [0.4, 0.5) is 8.78 Å². The maximum Gasteiger partial charge on any atom is 0.271 e. The number of hydrogen-bond acceptors (Lipinski definition) is 4. The molecule has 70 valence electrons. The average Bonchev–Trinajstić information content (AvgIpc) is 2.04. The Labute approximate surface area is 71.5 Å². The van der Waals surface area contributed by atoms with E-state index in [2.05, 4.69) is 4.98 Å². The number of aldehydes is 1. The molecule has 1 aromatic heterocycles. The Kier molecular flexibility index (Phi) is 2.41. The molecule has 2 N–H and O–H groups in total. The molecule has 0 unspecified atom stereocenters. The number of rotatable bonds is 2. The van der Waals surface area contributed by atoms with Crippen LogP contribution < -0.4 is 0 Å². The second-order valence-electron chi connectivity index (χ2n) is 2.21. The minimum Gasteiger partial charge on any atom is -0.506 e. The van der Waals surface area contributed by atoms with Gasteiger partial charge in [-0.05, 0) is 0 Å². The van der Waals surface area contributed by atoms with Crippen molar-refractivity contribution in [3.8, 4) is 11.5 Å². The van der Waals surface area contributed by atoms with Crippen molar-refractivity contribution in [1.29, 1.82) is 0 Å². The number of carbonyl (C=O) groups excluding carboxylic acids is 1. The van der Waals surface area contributed by atoms with E-state index in [0.29, 0.717) is 6.20 Å². The Morgan fingerprint density at radius 3 is 2.54 bits per heavy atom. The molecule has 4 nitrogen and oxygen atoms in total. The molecule has 6 heteroatoms. The van der Waals surface area contributed by atoms with Gasteiger partial charge in [0.15, 0.2) is 12.0 Å². The molecule has 0 radical (unpaired) electrons.